The average molecular weight is 349 g/mol. The molecular formula is C17H21BrN2O. The highest BCUT2D eigenvalue weighted by molar-refractivity contribution is 9.10. The van der Waals surface area contributed by atoms with Crippen molar-refractivity contribution in [1.82, 2.24) is 10.3 Å². The van der Waals surface area contributed by atoms with E-state index in [1.54, 1.807) is 0 Å². The number of hydrogen-bond donors (Lipinski definition) is 1. The zero-order chi connectivity index (χ0) is 15.2. The van der Waals surface area contributed by atoms with E-state index in [2.05, 4.69) is 51.4 Å². The number of aryl methyl sites for hydroxylation is 2. The Morgan fingerprint density at radius 2 is 2.05 bits per heavy atom. The van der Waals surface area contributed by atoms with Crippen LogP contribution in [0.1, 0.15) is 29.4 Å². The summed E-state index contributed by atoms with van der Waals surface area (Å²) in [4.78, 5) is 4.52. The lowest BCUT2D eigenvalue weighted by atomic mass is 10.1. The van der Waals surface area contributed by atoms with Gasteiger partial charge in [-0.2, -0.15) is 0 Å². The van der Waals surface area contributed by atoms with E-state index in [0.29, 0.717) is 6.61 Å². The van der Waals surface area contributed by atoms with Crippen LogP contribution in [-0.4, -0.2) is 12.0 Å². The number of nitrogens with one attached hydrogen (secondary N) is 1. The highest BCUT2D eigenvalue weighted by Crippen LogP contribution is 2.23. The summed E-state index contributed by atoms with van der Waals surface area (Å²) in [5.74, 6) is 0.870. The van der Waals surface area contributed by atoms with Crippen molar-refractivity contribution in [2.45, 2.75) is 33.4 Å². The van der Waals surface area contributed by atoms with Crippen molar-refractivity contribution >= 4 is 15.9 Å². The second kappa shape index (κ2) is 7.57. The lowest BCUT2D eigenvalue weighted by molar-refractivity contribution is 0.300. The van der Waals surface area contributed by atoms with E-state index in [9.17, 15) is 0 Å². The first-order chi connectivity index (χ1) is 10.1. The molecule has 0 aliphatic rings. The molecule has 0 atom stereocenters. The van der Waals surface area contributed by atoms with Crippen LogP contribution in [0.15, 0.2) is 34.8 Å². The molecule has 4 heteroatoms. The summed E-state index contributed by atoms with van der Waals surface area (Å²) in [6.07, 6.45) is 0.874. The zero-order valence-electron chi connectivity index (χ0n) is 12.7. The Bertz CT molecular complexity index is 614. The van der Waals surface area contributed by atoms with Crippen LogP contribution in [-0.2, 0) is 19.6 Å². The van der Waals surface area contributed by atoms with Crippen LogP contribution in [0.2, 0.25) is 0 Å². The van der Waals surface area contributed by atoms with Crippen LogP contribution < -0.4 is 10.1 Å². The van der Waals surface area contributed by atoms with E-state index in [1.807, 2.05) is 26.1 Å². The predicted molar refractivity (Wildman–Crippen MR) is 89.6 cm³/mol. The summed E-state index contributed by atoms with van der Waals surface area (Å²) >= 11 is 3.61. The van der Waals surface area contributed by atoms with Crippen molar-refractivity contribution in [2.75, 3.05) is 7.05 Å². The largest absolute Gasteiger partial charge is 0.487 e. The number of aromatic nitrogens is 1. The van der Waals surface area contributed by atoms with Crippen molar-refractivity contribution in [1.29, 1.82) is 0 Å². The molecule has 1 heterocycles. The Morgan fingerprint density at radius 1 is 1.24 bits per heavy atom. The zero-order valence-corrected chi connectivity index (χ0v) is 14.3. The molecule has 0 saturated carbocycles. The Morgan fingerprint density at radius 3 is 2.71 bits per heavy atom. The second-order valence-corrected chi connectivity index (χ2v) is 5.85. The Labute approximate surface area is 134 Å². The van der Waals surface area contributed by atoms with Gasteiger partial charge in [-0.05, 0) is 44.2 Å². The van der Waals surface area contributed by atoms with Crippen molar-refractivity contribution in [3.8, 4) is 5.75 Å². The van der Waals surface area contributed by atoms with Crippen molar-refractivity contribution in [2.24, 2.45) is 0 Å². The van der Waals surface area contributed by atoms with Gasteiger partial charge in [0.2, 0.25) is 0 Å². The maximum absolute atomic E-state index is 5.94. The monoisotopic (exact) mass is 348 g/mol. The standard InChI is InChI=1S/C17H21BrN2O/c1-4-16-17(8-5-12(2)20-16)21-11-14-7-6-13(10-19-3)9-15(14)18/h5-9,19H,4,10-11H2,1-3H3. The molecule has 21 heavy (non-hydrogen) atoms. The van der Waals surface area contributed by atoms with Gasteiger partial charge in [0.05, 0.1) is 5.69 Å². The van der Waals surface area contributed by atoms with Crippen LogP contribution in [0.5, 0.6) is 5.75 Å². The summed E-state index contributed by atoms with van der Waals surface area (Å²) in [7, 11) is 1.95. The molecule has 2 rings (SSSR count). The van der Waals surface area contributed by atoms with Crippen LogP contribution in [0, 0.1) is 6.92 Å². The molecule has 2 aromatic rings. The lowest BCUT2D eigenvalue weighted by Gasteiger charge is -2.12. The average Bonchev–Trinajstić information content (AvgIpc) is 2.47. The Balaban J connectivity index is 2.09. The second-order valence-electron chi connectivity index (χ2n) is 5.00. The molecule has 0 radical (unpaired) electrons. The third kappa shape index (κ3) is 4.29. The minimum absolute atomic E-state index is 0.540. The van der Waals surface area contributed by atoms with Gasteiger partial charge in [0.15, 0.2) is 0 Å². The summed E-state index contributed by atoms with van der Waals surface area (Å²) in [5, 5.41) is 3.15. The SMILES string of the molecule is CCc1nc(C)ccc1OCc1ccc(CNC)cc1Br. The van der Waals surface area contributed by atoms with Crippen molar-refractivity contribution < 1.29 is 4.74 Å². The summed E-state index contributed by atoms with van der Waals surface area (Å²) < 4.78 is 7.02. The summed E-state index contributed by atoms with van der Waals surface area (Å²) in [5.41, 5.74) is 4.42. The Hall–Kier alpha value is -1.39. The molecule has 0 fully saturated rings. The number of halogens is 1. The van der Waals surface area contributed by atoms with E-state index < -0.39 is 0 Å². The van der Waals surface area contributed by atoms with Gasteiger partial charge >= 0.3 is 0 Å². The van der Waals surface area contributed by atoms with E-state index in [4.69, 9.17) is 4.74 Å². The van der Waals surface area contributed by atoms with E-state index in [0.717, 1.165) is 40.1 Å². The van der Waals surface area contributed by atoms with E-state index in [1.165, 1.54) is 5.56 Å². The lowest BCUT2D eigenvalue weighted by Crippen LogP contribution is -2.06. The minimum Gasteiger partial charge on any atom is -0.487 e. The molecule has 0 saturated heterocycles. The predicted octanol–water partition coefficient (Wildman–Crippen LogP) is 4.01. The quantitative estimate of drug-likeness (QED) is 0.856. The number of ether oxygens (including phenoxy) is 1. The number of nitrogens with zero attached hydrogens (tertiary/aromatic N) is 1. The van der Waals surface area contributed by atoms with E-state index >= 15 is 0 Å². The van der Waals surface area contributed by atoms with Crippen LogP contribution in [0.25, 0.3) is 0 Å². The highest BCUT2D eigenvalue weighted by Gasteiger charge is 2.07. The molecule has 1 N–H and O–H groups in total. The fourth-order valence-electron chi connectivity index (χ4n) is 2.16. The molecule has 1 aromatic heterocycles. The van der Waals surface area contributed by atoms with Gasteiger partial charge < -0.3 is 10.1 Å². The summed E-state index contributed by atoms with van der Waals surface area (Å²) in [6.45, 7) is 5.50. The van der Waals surface area contributed by atoms with E-state index in [-0.39, 0.29) is 0 Å². The third-order valence-corrected chi connectivity index (χ3v) is 4.03. The molecule has 112 valence electrons. The number of rotatable bonds is 6. The van der Waals surface area contributed by atoms with Gasteiger partial charge in [-0.25, -0.2) is 0 Å². The molecule has 0 amide bonds. The smallest absolute Gasteiger partial charge is 0.141 e. The maximum Gasteiger partial charge on any atom is 0.141 e. The van der Waals surface area contributed by atoms with Gasteiger partial charge in [0.25, 0.3) is 0 Å². The number of hydrogen-bond acceptors (Lipinski definition) is 3. The third-order valence-electron chi connectivity index (χ3n) is 3.29. The molecule has 0 unspecified atom stereocenters. The van der Waals surface area contributed by atoms with Crippen molar-refractivity contribution in [3.63, 3.8) is 0 Å². The molecule has 1 aromatic carbocycles. The molecule has 0 bridgehead atoms. The first kappa shape index (κ1) is 16.0. The first-order valence-electron chi connectivity index (χ1n) is 7.15. The van der Waals surface area contributed by atoms with Gasteiger partial charge in [0, 0.05) is 22.3 Å². The van der Waals surface area contributed by atoms with Crippen LogP contribution >= 0.6 is 15.9 Å². The maximum atomic E-state index is 5.94. The van der Waals surface area contributed by atoms with Gasteiger partial charge in [0.1, 0.15) is 12.4 Å². The van der Waals surface area contributed by atoms with Gasteiger partial charge in [-0.3, -0.25) is 4.98 Å². The molecular weight excluding hydrogens is 328 g/mol. The van der Waals surface area contributed by atoms with Crippen LogP contribution in [0.3, 0.4) is 0 Å². The van der Waals surface area contributed by atoms with Crippen molar-refractivity contribution in [3.05, 3.63) is 57.3 Å². The topological polar surface area (TPSA) is 34.1 Å². The minimum atomic E-state index is 0.540. The highest BCUT2D eigenvalue weighted by atomic mass is 79.9. The number of pyridine rings is 1. The number of benzene rings is 1. The fraction of sp³-hybridized carbons (Fsp3) is 0.353. The molecule has 3 nitrogen and oxygen atoms in total. The molecule has 0 spiro atoms. The fourth-order valence-corrected chi connectivity index (χ4v) is 2.70. The summed E-state index contributed by atoms with van der Waals surface area (Å²) in [6, 6.07) is 10.3. The van der Waals surface area contributed by atoms with Crippen LogP contribution in [0.4, 0.5) is 0 Å². The molecule has 0 aliphatic carbocycles. The van der Waals surface area contributed by atoms with Gasteiger partial charge in [-0.15, -0.1) is 0 Å². The van der Waals surface area contributed by atoms with Gasteiger partial charge in [-0.1, -0.05) is 35.0 Å². The normalized spacial score (nSPS) is 10.7. The first-order valence-corrected chi connectivity index (χ1v) is 7.94. The Kier molecular flexibility index (Phi) is 5.76. The molecule has 0 aliphatic heterocycles.